The van der Waals surface area contributed by atoms with Gasteiger partial charge in [-0.1, -0.05) is 18.2 Å². The molecule has 0 saturated heterocycles. The quantitative estimate of drug-likeness (QED) is 0.399. The normalized spacial score (nSPS) is 10.0. The van der Waals surface area contributed by atoms with Crippen molar-refractivity contribution < 1.29 is 9.59 Å². The highest BCUT2D eigenvalue weighted by atomic mass is 16.2. The van der Waals surface area contributed by atoms with E-state index >= 15 is 0 Å². The van der Waals surface area contributed by atoms with Crippen molar-refractivity contribution in [3.63, 3.8) is 0 Å². The van der Waals surface area contributed by atoms with Crippen LogP contribution < -0.4 is 0 Å². The Kier molecular flexibility index (Phi) is 2.02. The number of carbonyl (C=O) groups excluding carboxylic acids is 2. The van der Waals surface area contributed by atoms with E-state index in [0.717, 1.165) is 0 Å². The van der Waals surface area contributed by atoms with E-state index in [9.17, 15) is 9.59 Å². The molecule has 4 heteroatoms. The van der Waals surface area contributed by atoms with Crippen LogP contribution in [0.4, 0.5) is 0 Å². The number of ketones is 1. The lowest BCUT2D eigenvalue weighted by Gasteiger charge is -1.98. The first-order valence-electron chi connectivity index (χ1n) is 4.02. The van der Waals surface area contributed by atoms with E-state index in [1.807, 2.05) is 6.07 Å². The van der Waals surface area contributed by atoms with E-state index < -0.39 is 5.78 Å². The van der Waals surface area contributed by atoms with Gasteiger partial charge >= 0.3 is 0 Å². The van der Waals surface area contributed by atoms with Gasteiger partial charge in [-0.05, 0) is 6.07 Å². The number of para-hydroxylation sites is 1. The van der Waals surface area contributed by atoms with Gasteiger partial charge in [-0.2, -0.15) is 0 Å². The van der Waals surface area contributed by atoms with Gasteiger partial charge in [0.1, 0.15) is 12.0 Å². The van der Waals surface area contributed by atoms with Crippen molar-refractivity contribution in [2.45, 2.75) is 0 Å². The summed E-state index contributed by atoms with van der Waals surface area (Å²) in [6.45, 7) is 0. The second-order valence-electron chi connectivity index (χ2n) is 2.72. The van der Waals surface area contributed by atoms with Gasteiger partial charge in [0.25, 0.3) is 0 Å². The van der Waals surface area contributed by atoms with Crippen LogP contribution in [0.15, 0.2) is 30.6 Å². The Hall–Kier alpha value is -2.10. The molecule has 2 aromatic rings. The fourth-order valence-electron chi connectivity index (χ4n) is 1.26. The summed E-state index contributed by atoms with van der Waals surface area (Å²) >= 11 is 0. The second kappa shape index (κ2) is 3.33. The summed E-state index contributed by atoms with van der Waals surface area (Å²) in [6, 6.07) is 7.06. The number of rotatable bonds is 2. The van der Waals surface area contributed by atoms with E-state index in [1.165, 1.54) is 6.33 Å². The predicted octanol–water partition coefficient (Wildman–Crippen LogP) is 1.01. The van der Waals surface area contributed by atoms with Crippen LogP contribution in [0.3, 0.4) is 0 Å². The average molecular weight is 186 g/mol. The van der Waals surface area contributed by atoms with E-state index in [0.29, 0.717) is 10.9 Å². The van der Waals surface area contributed by atoms with Crippen molar-refractivity contribution in [1.29, 1.82) is 0 Å². The maximum absolute atomic E-state index is 11.2. The van der Waals surface area contributed by atoms with Gasteiger partial charge in [-0.3, -0.25) is 9.59 Å². The number of fused-ring (bicyclic) bond motifs is 1. The van der Waals surface area contributed by atoms with Gasteiger partial charge in [0.05, 0.1) is 5.52 Å². The lowest BCUT2D eigenvalue weighted by Crippen LogP contribution is -2.04. The fraction of sp³-hybridized carbons (Fsp3) is 0. The highest BCUT2D eigenvalue weighted by molar-refractivity contribution is 6.35. The predicted molar refractivity (Wildman–Crippen MR) is 49.9 cm³/mol. The first kappa shape index (κ1) is 8.50. The van der Waals surface area contributed by atoms with Crippen LogP contribution in [0, 0.1) is 0 Å². The number of aldehydes is 1. The third-order valence-electron chi connectivity index (χ3n) is 1.88. The summed E-state index contributed by atoms with van der Waals surface area (Å²) in [6.07, 6.45) is 1.54. The minimum absolute atomic E-state index is 0.158. The van der Waals surface area contributed by atoms with Crippen molar-refractivity contribution >= 4 is 23.0 Å². The van der Waals surface area contributed by atoms with Crippen molar-refractivity contribution in [2.24, 2.45) is 0 Å². The number of benzene rings is 1. The molecule has 1 aromatic heterocycles. The highest BCUT2D eigenvalue weighted by Gasteiger charge is 2.09. The molecule has 68 valence electrons. The third-order valence-corrected chi connectivity index (χ3v) is 1.88. The molecule has 0 aliphatic rings. The van der Waals surface area contributed by atoms with E-state index in [2.05, 4.69) is 9.97 Å². The molecule has 0 aliphatic heterocycles. The summed E-state index contributed by atoms with van der Waals surface area (Å²) in [4.78, 5) is 29.3. The van der Waals surface area contributed by atoms with Crippen LogP contribution in [0.5, 0.6) is 0 Å². The first-order chi connectivity index (χ1) is 6.83. The SMILES string of the molecule is O=CC(=O)c1ncnc2ccccc12. The Labute approximate surface area is 79.6 Å². The molecular weight excluding hydrogens is 180 g/mol. The standard InChI is InChI=1S/C10H6N2O2/c13-5-9(14)10-7-3-1-2-4-8(7)11-6-12-10/h1-6H. The molecule has 0 saturated carbocycles. The van der Waals surface area contributed by atoms with Gasteiger partial charge in [-0.25, -0.2) is 9.97 Å². The number of hydrogen-bond acceptors (Lipinski definition) is 4. The topological polar surface area (TPSA) is 59.9 Å². The Balaban J connectivity index is 2.77. The molecule has 0 atom stereocenters. The summed E-state index contributed by atoms with van der Waals surface area (Å²) in [7, 11) is 0. The summed E-state index contributed by atoms with van der Waals surface area (Å²) in [5, 5.41) is 0.604. The molecule has 2 rings (SSSR count). The number of carbonyl (C=O) groups is 2. The maximum Gasteiger partial charge on any atom is 0.244 e. The molecule has 0 N–H and O–H groups in total. The van der Waals surface area contributed by atoms with E-state index in [1.54, 1.807) is 18.2 Å². The molecular formula is C10H6N2O2. The second-order valence-corrected chi connectivity index (χ2v) is 2.72. The minimum Gasteiger partial charge on any atom is -0.294 e. The smallest absolute Gasteiger partial charge is 0.244 e. The highest BCUT2D eigenvalue weighted by Crippen LogP contribution is 2.13. The molecule has 0 aliphatic carbocycles. The van der Waals surface area contributed by atoms with Crippen LogP contribution in [-0.2, 0) is 4.79 Å². The van der Waals surface area contributed by atoms with Crippen LogP contribution in [0.1, 0.15) is 10.5 Å². The molecule has 14 heavy (non-hydrogen) atoms. The zero-order valence-electron chi connectivity index (χ0n) is 7.18. The lowest BCUT2D eigenvalue weighted by molar-refractivity contribution is -0.104. The molecule has 4 nitrogen and oxygen atoms in total. The van der Waals surface area contributed by atoms with Gasteiger partial charge in [0, 0.05) is 5.39 Å². The molecule has 0 spiro atoms. The molecule has 1 aromatic carbocycles. The number of hydrogen-bond donors (Lipinski definition) is 0. The number of aromatic nitrogens is 2. The largest absolute Gasteiger partial charge is 0.294 e. The fourth-order valence-corrected chi connectivity index (χ4v) is 1.26. The van der Waals surface area contributed by atoms with Crippen molar-refractivity contribution in [1.82, 2.24) is 9.97 Å². The van der Waals surface area contributed by atoms with Gasteiger partial charge in [0.15, 0.2) is 6.29 Å². The zero-order chi connectivity index (χ0) is 9.97. The number of Topliss-reactive ketones (excluding diaryl/α,β-unsaturated/α-hetero) is 1. The molecule has 1 heterocycles. The van der Waals surface area contributed by atoms with Crippen molar-refractivity contribution in [2.75, 3.05) is 0 Å². The van der Waals surface area contributed by atoms with Crippen LogP contribution in [-0.4, -0.2) is 22.0 Å². The van der Waals surface area contributed by atoms with Crippen LogP contribution in [0.2, 0.25) is 0 Å². The Bertz CT molecular complexity index is 503. The minimum atomic E-state index is -0.622. The van der Waals surface area contributed by atoms with Gasteiger partial charge in [0.2, 0.25) is 5.78 Å². The van der Waals surface area contributed by atoms with Gasteiger partial charge < -0.3 is 0 Å². The summed E-state index contributed by atoms with van der Waals surface area (Å²) in [5.41, 5.74) is 0.818. The molecule has 0 unspecified atom stereocenters. The third kappa shape index (κ3) is 1.26. The van der Waals surface area contributed by atoms with Crippen molar-refractivity contribution in [3.8, 4) is 0 Å². The van der Waals surface area contributed by atoms with Crippen molar-refractivity contribution in [3.05, 3.63) is 36.3 Å². The summed E-state index contributed by atoms with van der Waals surface area (Å²) in [5.74, 6) is -0.622. The molecule has 0 bridgehead atoms. The summed E-state index contributed by atoms with van der Waals surface area (Å²) < 4.78 is 0. The monoisotopic (exact) mass is 186 g/mol. The zero-order valence-corrected chi connectivity index (χ0v) is 7.18. The Morgan fingerprint density at radius 3 is 2.79 bits per heavy atom. The average Bonchev–Trinajstić information content (AvgIpc) is 2.27. The van der Waals surface area contributed by atoms with E-state index in [4.69, 9.17) is 0 Å². The Morgan fingerprint density at radius 1 is 1.21 bits per heavy atom. The Morgan fingerprint density at radius 2 is 2.00 bits per heavy atom. The van der Waals surface area contributed by atoms with E-state index in [-0.39, 0.29) is 12.0 Å². The van der Waals surface area contributed by atoms with Gasteiger partial charge in [-0.15, -0.1) is 0 Å². The van der Waals surface area contributed by atoms with Crippen LogP contribution >= 0.6 is 0 Å². The van der Waals surface area contributed by atoms with Crippen LogP contribution in [0.25, 0.3) is 10.9 Å². The molecule has 0 amide bonds. The molecule has 0 radical (unpaired) electrons. The molecule has 0 fully saturated rings. The first-order valence-corrected chi connectivity index (χ1v) is 4.02. The lowest BCUT2D eigenvalue weighted by atomic mass is 10.1. The maximum atomic E-state index is 11.2. The number of nitrogens with zero attached hydrogens (tertiary/aromatic N) is 2.